The maximum atomic E-state index is 12.9. The third-order valence-electron chi connectivity index (χ3n) is 7.24. The molecule has 174 valence electrons. The number of amides is 3. The van der Waals surface area contributed by atoms with Crippen LogP contribution in [0, 0.1) is 12.8 Å². The normalized spacial score (nSPS) is 22.0. The van der Waals surface area contributed by atoms with Crippen LogP contribution in [0.25, 0.3) is 0 Å². The Morgan fingerprint density at radius 2 is 1.81 bits per heavy atom. The Kier molecular flexibility index (Phi) is 7.06. The molecule has 3 aliphatic rings. The smallest absolute Gasteiger partial charge is 0.228 e. The van der Waals surface area contributed by atoms with Crippen LogP contribution in [0.1, 0.15) is 87.2 Å². The highest BCUT2D eigenvalue weighted by atomic mass is 16.2. The van der Waals surface area contributed by atoms with Crippen LogP contribution in [0.15, 0.2) is 0 Å². The molecule has 4 rings (SSSR count). The van der Waals surface area contributed by atoms with Gasteiger partial charge in [0, 0.05) is 56.1 Å². The molecular weight excluding hydrogens is 406 g/mol. The average Bonchev–Trinajstić information content (AvgIpc) is 2.80. The molecule has 1 saturated heterocycles. The SMILES string of the molecule is Cc1nc([C@@H]2CCCN(C(=O)CCC(N)=O)C2)nc2c1CCC(=O)N2CC1CCCCC1. The minimum absolute atomic E-state index is 0.0406. The van der Waals surface area contributed by atoms with Gasteiger partial charge in [-0.3, -0.25) is 19.3 Å². The molecule has 0 aromatic carbocycles. The summed E-state index contributed by atoms with van der Waals surface area (Å²) < 4.78 is 0. The first-order chi connectivity index (χ1) is 15.4. The fourth-order valence-corrected chi connectivity index (χ4v) is 5.40. The number of primary amides is 1. The lowest BCUT2D eigenvalue weighted by Gasteiger charge is -2.35. The Hall–Kier alpha value is -2.51. The van der Waals surface area contributed by atoms with Gasteiger partial charge >= 0.3 is 0 Å². The first kappa shape index (κ1) is 22.7. The third kappa shape index (κ3) is 5.10. The first-order valence-corrected chi connectivity index (χ1v) is 12.2. The van der Waals surface area contributed by atoms with Gasteiger partial charge in [-0.1, -0.05) is 19.3 Å². The zero-order valence-corrected chi connectivity index (χ0v) is 19.1. The minimum atomic E-state index is -0.455. The van der Waals surface area contributed by atoms with Gasteiger partial charge in [0.15, 0.2) is 0 Å². The Bertz CT molecular complexity index is 881. The molecule has 2 fully saturated rings. The van der Waals surface area contributed by atoms with Gasteiger partial charge < -0.3 is 10.6 Å². The van der Waals surface area contributed by atoms with E-state index in [-0.39, 0.29) is 30.6 Å². The number of piperidine rings is 1. The number of nitrogens with two attached hydrogens (primary N) is 1. The first-order valence-electron chi connectivity index (χ1n) is 12.2. The van der Waals surface area contributed by atoms with Crippen molar-refractivity contribution in [2.45, 2.75) is 83.5 Å². The molecule has 0 unspecified atom stereocenters. The van der Waals surface area contributed by atoms with Crippen molar-refractivity contribution in [3.8, 4) is 0 Å². The molecule has 1 aromatic heterocycles. The highest BCUT2D eigenvalue weighted by Crippen LogP contribution is 2.34. The summed E-state index contributed by atoms with van der Waals surface area (Å²) in [5.41, 5.74) is 7.24. The van der Waals surface area contributed by atoms with Crippen molar-refractivity contribution in [1.29, 1.82) is 0 Å². The number of nitrogens with zero attached hydrogens (tertiary/aromatic N) is 4. The largest absolute Gasteiger partial charge is 0.370 e. The zero-order valence-electron chi connectivity index (χ0n) is 19.1. The number of fused-ring (bicyclic) bond motifs is 1. The number of hydrogen-bond donors (Lipinski definition) is 1. The summed E-state index contributed by atoms with van der Waals surface area (Å²) in [6, 6.07) is 0. The van der Waals surface area contributed by atoms with Crippen LogP contribution in [-0.4, -0.2) is 52.2 Å². The Morgan fingerprint density at radius 1 is 1.03 bits per heavy atom. The van der Waals surface area contributed by atoms with E-state index in [1.54, 1.807) is 4.90 Å². The van der Waals surface area contributed by atoms with Crippen LogP contribution in [0.4, 0.5) is 5.82 Å². The topological polar surface area (TPSA) is 109 Å². The number of likely N-dealkylation sites (tertiary alicyclic amines) is 1. The third-order valence-corrected chi connectivity index (χ3v) is 7.24. The molecule has 2 N–H and O–H groups in total. The second kappa shape index (κ2) is 9.96. The molecular formula is C24H35N5O3. The number of anilines is 1. The highest BCUT2D eigenvalue weighted by Gasteiger charge is 2.33. The average molecular weight is 442 g/mol. The van der Waals surface area contributed by atoms with E-state index in [0.29, 0.717) is 31.8 Å². The molecule has 1 aliphatic carbocycles. The van der Waals surface area contributed by atoms with Crippen molar-refractivity contribution >= 4 is 23.5 Å². The second-order valence-corrected chi connectivity index (χ2v) is 9.62. The lowest BCUT2D eigenvalue weighted by atomic mass is 9.88. The molecule has 0 radical (unpaired) electrons. The van der Waals surface area contributed by atoms with E-state index in [1.165, 1.54) is 32.1 Å². The predicted octanol–water partition coefficient (Wildman–Crippen LogP) is 2.62. The number of hydrogen-bond acceptors (Lipinski definition) is 5. The molecule has 8 nitrogen and oxygen atoms in total. The summed E-state index contributed by atoms with van der Waals surface area (Å²) in [6.45, 7) is 4.00. The molecule has 8 heteroatoms. The molecule has 2 aliphatic heterocycles. The molecule has 1 atom stereocenters. The summed E-state index contributed by atoms with van der Waals surface area (Å²) in [5, 5.41) is 0. The van der Waals surface area contributed by atoms with Crippen LogP contribution < -0.4 is 10.6 Å². The maximum absolute atomic E-state index is 12.9. The van der Waals surface area contributed by atoms with E-state index >= 15 is 0 Å². The van der Waals surface area contributed by atoms with Crippen molar-refractivity contribution in [3.05, 3.63) is 17.1 Å². The Morgan fingerprint density at radius 3 is 2.56 bits per heavy atom. The number of aromatic nitrogens is 2. The minimum Gasteiger partial charge on any atom is -0.370 e. The number of carbonyl (C=O) groups excluding carboxylic acids is 3. The predicted molar refractivity (Wildman–Crippen MR) is 121 cm³/mol. The lowest BCUT2D eigenvalue weighted by Crippen LogP contribution is -2.42. The van der Waals surface area contributed by atoms with E-state index in [2.05, 4.69) is 0 Å². The van der Waals surface area contributed by atoms with E-state index < -0.39 is 5.91 Å². The van der Waals surface area contributed by atoms with Gasteiger partial charge in [-0.2, -0.15) is 0 Å². The monoisotopic (exact) mass is 441 g/mol. The molecule has 3 amide bonds. The highest BCUT2D eigenvalue weighted by molar-refractivity contribution is 5.95. The van der Waals surface area contributed by atoms with Gasteiger partial charge in [0.05, 0.1) is 0 Å². The van der Waals surface area contributed by atoms with Crippen LogP contribution >= 0.6 is 0 Å². The summed E-state index contributed by atoms with van der Waals surface area (Å²) in [5.74, 6) is 1.78. The quantitative estimate of drug-likeness (QED) is 0.730. The number of aryl methyl sites for hydroxylation is 1. The van der Waals surface area contributed by atoms with Gasteiger partial charge in [0.1, 0.15) is 11.6 Å². The fourth-order valence-electron chi connectivity index (χ4n) is 5.40. The molecule has 3 heterocycles. The van der Waals surface area contributed by atoms with Gasteiger partial charge in [-0.25, -0.2) is 9.97 Å². The Balaban J connectivity index is 1.54. The van der Waals surface area contributed by atoms with E-state index in [1.807, 2.05) is 11.8 Å². The lowest BCUT2D eigenvalue weighted by molar-refractivity contribution is -0.134. The van der Waals surface area contributed by atoms with Gasteiger partial charge in [0.2, 0.25) is 17.7 Å². The summed E-state index contributed by atoms with van der Waals surface area (Å²) in [7, 11) is 0. The van der Waals surface area contributed by atoms with Crippen molar-refractivity contribution in [2.24, 2.45) is 11.7 Å². The van der Waals surface area contributed by atoms with E-state index in [0.717, 1.165) is 42.3 Å². The van der Waals surface area contributed by atoms with E-state index in [9.17, 15) is 14.4 Å². The number of rotatable bonds is 6. The van der Waals surface area contributed by atoms with Crippen LogP contribution in [0.2, 0.25) is 0 Å². The molecule has 0 spiro atoms. The summed E-state index contributed by atoms with van der Waals surface area (Å²) in [6.07, 6.45) is 9.38. The van der Waals surface area contributed by atoms with Gasteiger partial charge in [-0.05, 0) is 44.9 Å². The van der Waals surface area contributed by atoms with Crippen molar-refractivity contribution in [2.75, 3.05) is 24.5 Å². The van der Waals surface area contributed by atoms with Crippen LogP contribution in [0.5, 0.6) is 0 Å². The molecule has 1 saturated carbocycles. The van der Waals surface area contributed by atoms with Crippen LogP contribution in [-0.2, 0) is 20.8 Å². The molecule has 0 bridgehead atoms. The standard InChI is InChI=1S/C24H35N5O3/c1-16-19-9-11-22(32)29(14-17-6-3-2-4-7-17)24(19)27-23(26-16)18-8-5-13-28(15-18)21(31)12-10-20(25)30/h17-18H,2-15H2,1H3,(H2,25,30)/t18-/m1/s1. The van der Waals surface area contributed by atoms with Crippen LogP contribution in [0.3, 0.4) is 0 Å². The summed E-state index contributed by atoms with van der Waals surface area (Å²) >= 11 is 0. The summed E-state index contributed by atoms with van der Waals surface area (Å²) in [4.78, 5) is 49.9. The van der Waals surface area contributed by atoms with Crippen molar-refractivity contribution in [3.63, 3.8) is 0 Å². The van der Waals surface area contributed by atoms with Gasteiger partial charge in [0.25, 0.3) is 0 Å². The van der Waals surface area contributed by atoms with Crippen molar-refractivity contribution < 1.29 is 14.4 Å². The Labute approximate surface area is 189 Å². The second-order valence-electron chi connectivity index (χ2n) is 9.62. The van der Waals surface area contributed by atoms with Gasteiger partial charge in [-0.15, -0.1) is 0 Å². The van der Waals surface area contributed by atoms with Crippen molar-refractivity contribution in [1.82, 2.24) is 14.9 Å². The number of carbonyl (C=O) groups is 3. The zero-order chi connectivity index (χ0) is 22.7. The molecule has 1 aromatic rings. The fraction of sp³-hybridized carbons (Fsp3) is 0.708. The molecule has 32 heavy (non-hydrogen) atoms. The van der Waals surface area contributed by atoms with E-state index in [4.69, 9.17) is 15.7 Å². The maximum Gasteiger partial charge on any atom is 0.228 e.